The number of hydrogen-bond donors (Lipinski definition) is 0. The maximum Gasteiger partial charge on any atom is 0.176 e. The number of rotatable bonds is 3. The monoisotopic (exact) mass is 332 g/mol. The van der Waals surface area contributed by atoms with Crippen LogP contribution in [0.1, 0.15) is 0 Å². The fraction of sp³-hybridized carbons (Fsp3) is 0. The smallest absolute Gasteiger partial charge is 0.176 e. The molecule has 0 saturated heterocycles. The topological polar surface area (TPSA) is 43.6 Å². The molecule has 2 heterocycles. The highest BCUT2D eigenvalue weighted by atomic mass is 35.5. The van der Waals surface area contributed by atoms with Crippen molar-refractivity contribution < 1.29 is 0 Å². The molecule has 0 aliphatic carbocycles. The molecule has 2 aromatic carbocycles. The molecule has 5 heteroatoms. The second-order valence-corrected chi connectivity index (χ2v) is 5.66. The lowest BCUT2D eigenvalue weighted by Gasteiger charge is -2.05. The highest BCUT2D eigenvalue weighted by Crippen LogP contribution is 2.28. The van der Waals surface area contributed by atoms with Gasteiger partial charge in [0, 0.05) is 11.1 Å². The van der Waals surface area contributed by atoms with Gasteiger partial charge in [0.1, 0.15) is 0 Å². The minimum absolute atomic E-state index is 0.357. The predicted octanol–water partition coefficient (Wildman–Crippen LogP) is 4.65. The molecule has 4 aromatic rings. The van der Waals surface area contributed by atoms with Gasteiger partial charge in [-0.25, -0.2) is 4.68 Å². The van der Waals surface area contributed by atoms with Crippen LogP contribution in [0.25, 0.3) is 28.3 Å². The molecule has 0 radical (unpaired) electrons. The molecule has 4 rings (SSSR count). The summed E-state index contributed by atoms with van der Waals surface area (Å²) in [6.07, 6.45) is 0. The molecule has 0 atom stereocenters. The van der Waals surface area contributed by atoms with Crippen molar-refractivity contribution in [3.8, 4) is 28.3 Å². The van der Waals surface area contributed by atoms with E-state index in [1.165, 1.54) is 0 Å². The van der Waals surface area contributed by atoms with Crippen LogP contribution in [0.4, 0.5) is 0 Å². The summed E-state index contributed by atoms with van der Waals surface area (Å²) < 4.78 is 1.79. The number of benzene rings is 2. The Kier molecular flexibility index (Phi) is 3.81. The van der Waals surface area contributed by atoms with E-state index in [1.807, 2.05) is 66.7 Å². The van der Waals surface area contributed by atoms with Gasteiger partial charge in [-0.3, -0.25) is 0 Å². The molecule has 0 spiro atoms. The van der Waals surface area contributed by atoms with Gasteiger partial charge in [-0.05, 0) is 18.2 Å². The van der Waals surface area contributed by atoms with E-state index < -0.39 is 0 Å². The van der Waals surface area contributed by atoms with Crippen LogP contribution in [0.2, 0.25) is 5.15 Å². The van der Waals surface area contributed by atoms with Crippen LogP contribution in [-0.2, 0) is 0 Å². The second-order valence-electron chi connectivity index (χ2n) is 5.27. The maximum atomic E-state index is 5.85. The lowest BCUT2D eigenvalue weighted by Crippen LogP contribution is -2.03. The van der Waals surface area contributed by atoms with Gasteiger partial charge in [0.25, 0.3) is 0 Å². The van der Waals surface area contributed by atoms with Crippen LogP contribution in [0.3, 0.4) is 0 Å². The summed E-state index contributed by atoms with van der Waals surface area (Å²) in [6, 6.07) is 25.7. The van der Waals surface area contributed by atoms with Gasteiger partial charge >= 0.3 is 0 Å². The number of halogens is 1. The molecular formula is C19H13ClN4. The average Bonchev–Trinajstić information content (AvgIpc) is 3.09. The SMILES string of the molecule is Clc1ccc(-n2nc(-c3ccccc3)cc2-c2ccccc2)nn1. The summed E-state index contributed by atoms with van der Waals surface area (Å²) in [5.41, 5.74) is 3.94. The quantitative estimate of drug-likeness (QED) is 0.548. The highest BCUT2D eigenvalue weighted by Gasteiger charge is 2.14. The van der Waals surface area contributed by atoms with Gasteiger partial charge in [-0.2, -0.15) is 5.10 Å². The molecule has 0 N–H and O–H groups in total. The largest absolute Gasteiger partial charge is 0.212 e. The van der Waals surface area contributed by atoms with Gasteiger partial charge in [0.15, 0.2) is 11.0 Å². The molecule has 0 unspecified atom stereocenters. The van der Waals surface area contributed by atoms with Gasteiger partial charge in [0.05, 0.1) is 11.4 Å². The minimum Gasteiger partial charge on any atom is -0.212 e. The third kappa shape index (κ3) is 2.79. The standard InChI is InChI=1S/C19H13ClN4/c20-18-11-12-19(22-21-18)24-17(15-9-5-2-6-10-15)13-16(23-24)14-7-3-1-4-8-14/h1-13H. The number of hydrogen-bond acceptors (Lipinski definition) is 3. The van der Waals surface area contributed by atoms with Gasteiger partial charge in [-0.1, -0.05) is 72.3 Å². The molecule has 24 heavy (non-hydrogen) atoms. The normalized spacial score (nSPS) is 10.7. The Hall–Kier alpha value is -2.98. The summed E-state index contributed by atoms with van der Waals surface area (Å²) in [7, 11) is 0. The molecule has 116 valence electrons. The first-order valence-electron chi connectivity index (χ1n) is 7.52. The van der Waals surface area contributed by atoms with Crippen LogP contribution < -0.4 is 0 Å². The summed E-state index contributed by atoms with van der Waals surface area (Å²) in [6.45, 7) is 0. The van der Waals surface area contributed by atoms with Crippen LogP contribution in [-0.4, -0.2) is 20.0 Å². The minimum atomic E-state index is 0.357. The van der Waals surface area contributed by atoms with Crippen molar-refractivity contribution in [2.75, 3.05) is 0 Å². The first-order chi connectivity index (χ1) is 11.8. The summed E-state index contributed by atoms with van der Waals surface area (Å²) in [5.74, 6) is 0.625. The molecular weight excluding hydrogens is 320 g/mol. The Labute approximate surface area is 144 Å². The van der Waals surface area contributed by atoms with Crippen LogP contribution in [0, 0.1) is 0 Å². The van der Waals surface area contributed by atoms with Crippen molar-refractivity contribution in [3.63, 3.8) is 0 Å². The third-order valence-electron chi connectivity index (χ3n) is 3.68. The fourth-order valence-electron chi connectivity index (χ4n) is 2.54. The molecule has 0 fully saturated rings. The molecule has 4 nitrogen and oxygen atoms in total. The van der Waals surface area contributed by atoms with Crippen molar-refractivity contribution in [3.05, 3.63) is 84.0 Å². The Morgan fingerprint density at radius 2 is 1.38 bits per heavy atom. The second kappa shape index (κ2) is 6.26. The Morgan fingerprint density at radius 1 is 0.708 bits per heavy atom. The first kappa shape index (κ1) is 14.6. The van der Waals surface area contributed by atoms with Crippen LogP contribution in [0.5, 0.6) is 0 Å². The zero-order valence-electron chi connectivity index (χ0n) is 12.7. The van der Waals surface area contributed by atoms with Crippen LogP contribution in [0.15, 0.2) is 78.9 Å². The van der Waals surface area contributed by atoms with Gasteiger partial charge in [0.2, 0.25) is 0 Å². The number of nitrogens with zero attached hydrogens (tertiary/aromatic N) is 4. The summed E-state index contributed by atoms with van der Waals surface area (Å²) >= 11 is 5.85. The zero-order valence-corrected chi connectivity index (χ0v) is 13.4. The Bertz CT molecular complexity index is 948. The zero-order chi connectivity index (χ0) is 16.4. The Balaban J connectivity index is 1.90. The van der Waals surface area contributed by atoms with Gasteiger partial charge in [-0.15, -0.1) is 10.2 Å². The van der Waals surface area contributed by atoms with Gasteiger partial charge < -0.3 is 0 Å². The lowest BCUT2D eigenvalue weighted by molar-refractivity contribution is 0.823. The lowest BCUT2D eigenvalue weighted by atomic mass is 10.1. The maximum absolute atomic E-state index is 5.85. The van der Waals surface area contributed by atoms with E-state index in [9.17, 15) is 0 Å². The molecule has 0 aliphatic heterocycles. The summed E-state index contributed by atoms with van der Waals surface area (Å²) in [4.78, 5) is 0. The molecule has 0 aliphatic rings. The van der Waals surface area contributed by atoms with Crippen molar-refractivity contribution in [2.45, 2.75) is 0 Å². The highest BCUT2D eigenvalue weighted by molar-refractivity contribution is 6.29. The molecule has 0 amide bonds. The van der Waals surface area contributed by atoms with E-state index in [-0.39, 0.29) is 0 Å². The van der Waals surface area contributed by atoms with E-state index in [0.717, 1.165) is 22.5 Å². The molecule has 0 saturated carbocycles. The van der Waals surface area contributed by atoms with E-state index in [2.05, 4.69) is 16.3 Å². The van der Waals surface area contributed by atoms with Crippen molar-refractivity contribution in [1.82, 2.24) is 20.0 Å². The van der Waals surface area contributed by atoms with E-state index in [4.69, 9.17) is 16.7 Å². The first-order valence-corrected chi connectivity index (χ1v) is 7.89. The van der Waals surface area contributed by atoms with E-state index in [1.54, 1.807) is 10.7 Å². The summed E-state index contributed by atoms with van der Waals surface area (Å²) in [5, 5.41) is 13.2. The predicted molar refractivity (Wildman–Crippen MR) is 95.0 cm³/mol. The van der Waals surface area contributed by atoms with Crippen molar-refractivity contribution >= 4 is 11.6 Å². The van der Waals surface area contributed by atoms with E-state index in [0.29, 0.717) is 11.0 Å². The van der Waals surface area contributed by atoms with Crippen LogP contribution >= 0.6 is 11.6 Å². The third-order valence-corrected chi connectivity index (χ3v) is 3.88. The molecule has 2 aromatic heterocycles. The fourth-order valence-corrected chi connectivity index (χ4v) is 2.64. The molecule has 0 bridgehead atoms. The average molecular weight is 333 g/mol. The van der Waals surface area contributed by atoms with Crippen molar-refractivity contribution in [2.24, 2.45) is 0 Å². The van der Waals surface area contributed by atoms with E-state index >= 15 is 0 Å². The number of aromatic nitrogens is 4. The van der Waals surface area contributed by atoms with Crippen molar-refractivity contribution in [1.29, 1.82) is 0 Å². The Morgan fingerprint density at radius 3 is 2.00 bits per heavy atom.